The molecular formula is C20H19NO3S. The van der Waals surface area contributed by atoms with Gasteiger partial charge in [-0.15, -0.1) is 11.8 Å². The molecule has 0 N–H and O–H groups in total. The molecule has 2 amide bonds. The minimum atomic E-state index is -0.287. The summed E-state index contributed by atoms with van der Waals surface area (Å²) in [5.41, 5.74) is 1.76. The number of nitrogens with zero attached hydrogens (tertiary/aromatic N) is 1. The maximum absolute atomic E-state index is 13.1. The van der Waals surface area contributed by atoms with Gasteiger partial charge in [-0.3, -0.25) is 9.59 Å². The topological polar surface area (TPSA) is 46.6 Å². The summed E-state index contributed by atoms with van der Waals surface area (Å²) in [6, 6.07) is 16.2. The van der Waals surface area contributed by atoms with E-state index < -0.39 is 0 Å². The molecule has 128 valence electrons. The van der Waals surface area contributed by atoms with Crippen molar-refractivity contribution in [2.24, 2.45) is 0 Å². The Morgan fingerprint density at radius 2 is 1.56 bits per heavy atom. The first-order chi connectivity index (χ1) is 12.0. The minimum Gasteiger partial charge on any atom is -0.497 e. The summed E-state index contributed by atoms with van der Waals surface area (Å²) in [5, 5.41) is 0.190. The molecule has 0 unspecified atom stereocenters. The van der Waals surface area contributed by atoms with E-state index in [-0.39, 0.29) is 17.1 Å². The highest BCUT2D eigenvalue weighted by Crippen LogP contribution is 2.40. The first-order valence-electron chi connectivity index (χ1n) is 8.02. The molecule has 0 aromatic heterocycles. The van der Waals surface area contributed by atoms with Gasteiger partial charge in [-0.2, -0.15) is 0 Å². The van der Waals surface area contributed by atoms with Crippen LogP contribution in [0.1, 0.15) is 19.4 Å². The van der Waals surface area contributed by atoms with Crippen LogP contribution in [0.4, 0.5) is 5.69 Å². The first-order valence-corrected chi connectivity index (χ1v) is 8.90. The Kier molecular flexibility index (Phi) is 4.95. The van der Waals surface area contributed by atoms with E-state index >= 15 is 0 Å². The fraction of sp³-hybridized carbons (Fsp3) is 0.200. The molecule has 0 saturated heterocycles. The highest BCUT2D eigenvalue weighted by atomic mass is 32.2. The molecule has 4 nitrogen and oxygen atoms in total. The lowest BCUT2D eigenvalue weighted by molar-refractivity contribution is -0.119. The second-order valence-electron chi connectivity index (χ2n) is 5.88. The zero-order valence-electron chi connectivity index (χ0n) is 14.4. The first kappa shape index (κ1) is 17.3. The Hall–Kier alpha value is -2.53. The SMILES string of the molecule is COc1ccc(C2=C(SC(C)C)C(=O)N(c3ccccc3)C2=O)cc1. The van der Waals surface area contributed by atoms with Gasteiger partial charge in [0, 0.05) is 5.25 Å². The second kappa shape index (κ2) is 7.15. The summed E-state index contributed by atoms with van der Waals surface area (Å²) >= 11 is 1.42. The van der Waals surface area contributed by atoms with Crippen LogP contribution < -0.4 is 9.64 Å². The number of hydrogen-bond donors (Lipinski definition) is 0. The van der Waals surface area contributed by atoms with E-state index in [1.54, 1.807) is 31.4 Å². The molecule has 1 aliphatic heterocycles. The Balaban J connectivity index is 2.08. The van der Waals surface area contributed by atoms with Gasteiger partial charge in [-0.05, 0) is 29.8 Å². The van der Waals surface area contributed by atoms with Gasteiger partial charge >= 0.3 is 0 Å². The Morgan fingerprint density at radius 1 is 0.920 bits per heavy atom. The molecule has 1 heterocycles. The van der Waals surface area contributed by atoms with Crippen molar-refractivity contribution in [1.82, 2.24) is 0 Å². The highest BCUT2D eigenvalue weighted by molar-refractivity contribution is 8.04. The molecule has 0 saturated carbocycles. The van der Waals surface area contributed by atoms with Crippen LogP contribution in [0.2, 0.25) is 0 Å². The van der Waals surface area contributed by atoms with Crippen LogP contribution in [0, 0.1) is 0 Å². The summed E-state index contributed by atoms with van der Waals surface area (Å²) in [4.78, 5) is 27.8. The van der Waals surface area contributed by atoms with Crippen molar-refractivity contribution in [2.75, 3.05) is 12.0 Å². The van der Waals surface area contributed by atoms with Crippen molar-refractivity contribution in [2.45, 2.75) is 19.1 Å². The van der Waals surface area contributed by atoms with Crippen LogP contribution in [0.5, 0.6) is 5.75 Å². The van der Waals surface area contributed by atoms with Crippen LogP contribution in [-0.4, -0.2) is 24.2 Å². The monoisotopic (exact) mass is 353 g/mol. The van der Waals surface area contributed by atoms with E-state index in [0.717, 1.165) is 5.56 Å². The van der Waals surface area contributed by atoms with Gasteiger partial charge in [0.2, 0.25) is 0 Å². The molecule has 0 aliphatic carbocycles. The number of amides is 2. The average Bonchev–Trinajstić information content (AvgIpc) is 2.85. The summed E-state index contributed by atoms with van der Waals surface area (Å²) < 4.78 is 5.18. The Bertz CT molecular complexity index is 826. The van der Waals surface area contributed by atoms with E-state index in [2.05, 4.69) is 0 Å². The number of rotatable bonds is 5. The fourth-order valence-corrected chi connectivity index (χ4v) is 3.67. The van der Waals surface area contributed by atoms with Crippen molar-refractivity contribution in [3.05, 3.63) is 65.1 Å². The maximum atomic E-state index is 13.1. The molecule has 0 atom stereocenters. The normalized spacial score (nSPS) is 14.6. The number of hydrogen-bond acceptors (Lipinski definition) is 4. The van der Waals surface area contributed by atoms with E-state index in [1.165, 1.54) is 16.7 Å². The minimum absolute atomic E-state index is 0.190. The fourth-order valence-electron chi connectivity index (χ4n) is 2.68. The summed E-state index contributed by atoms with van der Waals surface area (Å²) in [7, 11) is 1.59. The summed E-state index contributed by atoms with van der Waals surface area (Å²) in [6.45, 7) is 4.01. The summed E-state index contributed by atoms with van der Waals surface area (Å²) in [6.07, 6.45) is 0. The molecule has 3 rings (SSSR count). The van der Waals surface area contributed by atoms with Gasteiger partial charge in [0.15, 0.2) is 0 Å². The zero-order valence-corrected chi connectivity index (χ0v) is 15.2. The molecule has 0 bridgehead atoms. The Labute approximate surface area is 151 Å². The second-order valence-corrected chi connectivity index (χ2v) is 7.47. The smallest absolute Gasteiger partial charge is 0.272 e. The molecular weight excluding hydrogens is 334 g/mol. The third-order valence-electron chi connectivity index (χ3n) is 3.79. The summed E-state index contributed by atoms with van der Waals surface area (Å²) in [5.74, 6) is 0.157. The number of imide groups is 1. The third-order valence-corrected chi connectivity index (χ3v) is 4.87. The lowest BCUT2D eigenvalue weighted by atomic mass is 10.1. The number of carbonyl (C=O) groups is 2. The highest BCUT2D eigenvalue weighted by Gasteiger charge is 2.40. The quantitative estimate of drug-likeness (QED) is 0.759. The number of thioether (sulfide) groups is 1. The molecule has 5 heteroatoms. The lowest BCUT2D eigenvalue weighted by Gasteiger charge is -2.15. The van der Waals surface area contributed by atoms with Gasteiger partial charge in [-0.25, -0.2) is 4.90 Å². The van der Waals surface area contributed by atoms with Crippen LogP contribution >= 0.6 is 11.8 Å². The number of ether oxygens (including phenoxy) is 1. The maximum Gasteiger partial charge on any atom is 0.272 e. The standard InChI is InChI=1S/C20H19NO3S/c1-13(2)25-18-17(14-9-11-16(24-3)12-10-14)19(22)21(20(18)23)15-7-5-4-6-8-15/h4-13H,1-3H3. The number of para-hydroxylation sites is 1. The molecule has 0 spiro atoms. The van der Waals surface area contributed by atoms with Crippen molar-refractivity contribution in [3.63, 3.8) is 0 Å². The lowest BCUT2D eigenvalue weighted by Crippen LogP contribution is -2.31. The van der Waals surface area contributed by atoms with Crippen LogP contribution in [0.15, 0.2) is 59.5 Å². The van der Waals surface area contributed by atoms with Gasteiger partial charge < -0.3 is 4.74 Å². The molecule has 0 radical (unpaired) electrons. The largest absolute Gasteiger partial charge is 0.497 e. The molecule has 1 aliphatic rings. The predicted octanol–water partition coefficient (Wildman–Crippen LogP) is 4.12. The average molecular weight is 353 g/mol. The number of benzene rings is 2. The van der Waals surface area contributed by atoms with Gasteiger partial charge in [0.1, 0.15) is 5.75 Å². The van der Waals surface area contributed by atoms with Crippen molar-refractivity contribution >= 4 is 34.8 Å². The number of methoxy groups -OCH3 is 1. The van der Waals surface area contributed by atoms with Crippen molar-refractivity contribution in [1.29, 1.82) is 0 Å². The van der Waals surface area contributed by atoms with Crippen molar-refractivity contribution in [3.8, 4) is 5.75 Å². The predicted molar refractivity (Wildman–Crippen MR) is 102 cm³/mol. The van der Waals surface area contributed by atoms with Gasteiger partial charge in [0.05, 0.1) is 23.3 Å². The number of carbonyl (C=O) groups excluding carboxylic acids is 2. The molecule has 2 aromatic rings. The molecule has 2 aromatic carbocycles. The molecule has 25 heavy (non-hydrogen) atoms. The van der Waals surface area contributed by atoms with Crippen LogP contribution in [0.25, 0.3) is 5.57 Å². The van der Waals surface area contributed by atoms with Gasteiger partial charge in [0.25, 0.3) is 11.8 Å². The van der Waals surface area contributed by atoms with E-state index in [9.17, 15) is 9.59 Å². The Morgan fingerprint density at radius 3 is 2.12 bits per heavy atom. The van der Waals surface area contributed by atoms with Crippen LogP contribution in [-0.2, 0) is 9.59 Å². The number of anilines is 1. The van der Waals surface area contributed by atoms with Crippen molar-refractivity contribution < 1.29 is 14.3 Å². The van der Waals surface area contributed by atoms with Gasteiger partial charge in [-0.1, -0.05) is 44.2 Å². The zero-order chi connectivity index (χ0) is 18.0. The van der Waals surface area contributed by atoms with E-state index in [0.29, 0.717) is 21.9 Å². The van der Waals surface area contributed by atoms with E-state index in [4.69, 9.17) is 4.74 Å². The molecule has 0 fully saturated rings. The van der Waals surface area contributed by atoms with E-state index in [1.807, 2.05) is 44.2 Å². The van der Waals surface area contributed by atoms with Crippen LogP contribution in [0.3, 0.4) is 0 Å². The third kappa shape index (κ3) is 3.33.